The van der Waals surface area contributed by atoms with Gasteiger partial charge in [-0.15, -0.1) is 0 Å². The van der Waals surface area contributed by atoms with E-state index in [-0.39, 0.29) is 6.61 Å². The number of aliphatic hydroxyl groups excluding tert-OH is 1. The van der Waals surface area contributed by atoms with Gasteiger partial charge >= 0.3 is 0 Å². The number of methoxy groups -OCH3 is 1. The van der Waals surface area contributed by atoms with Crippen LogP contribution in [0.25, 0.3) is 0 Å². The van der Waals surface area contributed by atoms with Crippen LogP contribution in [0.5, 0.6) is 0 Å². The van der Waals surface area contributed by atoms with E-state index in [1.807, 2.05) is 11.8 Å². The van der Waals surface area contributed by atoms with Crippen LogP contribution in [0.4, 0.5) is 0 Å². The highest BCUT2D eigenvalue weighted by Gasteiger charge is 2.02. The van der Waals surface area contributed by atoms with Gasteiger partial charge in [0.25, 0.3) is 0 Å². The van der Waals surface area contributed by atoms with Crippen molar-refractivity contribution >= 4 is 11.8 Å². The minimum absolute atomic E-state index is 0.237. The monoisotopic (exact) mass is 207 g/mol. The molecule has 80 valence electrons. The Bertz CT molecular complexity index is 104. The summed E-state index contributed by atoms with van der Waals surface area (Å²) in [7, 11) is 1.71. The molecule has 13 heavy (non-hydrogen) atoms. The molecule has 0 aliphatic carbocycles. The lowest BCUT2D eigenvalue weighted by Gasteiger charge is -2.20. The second-order valence-corrected chi connectivity index (χ2v) is 4.15. The van der Waals surface area contributed by atoms with E-state index in [0.717, 1.165) is 37.7 Å². The molecule has 0 saturated carbocycles. The molecule has 0 aliphatic heterocycles. The van der Waals surface area contributed by atoms with Crippen molar-refractivity contribution < 1.29 is 9.84 Å². The first-order valence-corrected chi connectivity index (χ1v) is 5.90. The Kier molecular flexibility index (Phi) is 10.5. The topological polar surface area (TPSA) is 32.7 Å². The van der Waals surface area contributed by atoms with Crippen molar-refractivity contribution in [3.63, 3.8) is 0 Å². The molecule has 0 fully saturated rings. The predicted molar refractivity (Wildman–Crippen MR) is 58.4 cm³/mol. The maximum absolute atomic E-state index is 8.80. The Morgan fingerprint density at radius 2 is 2.08 bits per heavy atom. The minimum atomic E-state index is 0.237. The zero-order valence-electron chi connectivity index (χ0n) is 8.66. The van der Waals surface area contributed by atoms with Crippen LogP contribution in [-0.4, -0.2) is 61.5 Å². The van der Waals surface area contributed by atoms with Gasteiger partial charge in [0, 0.05) is 32.5 Å². The largest absolute Gasteiger partial charge is 0.395 e. The normalized spacial score (nSPS) is 11.1. The van der Waals surface area contributed by atoms with Gasteiger partial charge in [-0.2, -0.15) is 11.8 Å². The molecule has 0 rings (SSSR count). The van der Waals surface area contributed by atoms with Crippen LogP contribution >= 0.6 is 11.8 Å². The van der Waals surface area contributed by atoms with E-state index in [1.165, 1.54) is 0 Å². The first-order chi connectivity index (χ1) is 6.35. The summed E-state index contributed by atoms with van der Waals surface area (Å²) in [6.07, 6.45) is 0. The fourth-order valence-electron chi connectivity index (χ4n) is 1.04. The van der Waals surface area contributed by atoms with Crippen LogP contribution in [0.2, 0.25) is 0 Å². The van der Waals surface area contributed by atoms with Crippen molar-refractivity contribution in [2.24, 2.45) is 0 Å². The molecule has 0 bridgehead atoms. The van der Waals surface area contributed by atoms with Crippen LogP contribution in [0.15, 0.2) is 0 Å². The molecule has 0 radical (unpaired) electrons. The molecule has 0 unspecified atom stereocenters. The van der Waals surface area contributed by atoms with Gasteiger partial charge in [0.05, 0.1) is 13.2 Å². The van der Waals surface area contributed by atoms with E-state index in [1.54, 1.807) is 7.11 Å². The predicted octanol–water partition coefficient (Wildman–Crippen LogP) is 0.680. The first kappa shape index (κ1) is 13.2. The molecule has 0 amide bonds. The Morgan fingerprint density at radius 3 is 2.62 bits per heavy atom. The van der Waals surface area contributed by atoms with Crippen LogP contribution in [0.1, 0.15) is 6.92 Å². The molecule has 4 heteroatoms. The highest BCUT2D eigenvalue weighted by Crippen LogP contribution is 1.99. The van der Waals surface area contributed by atoms with Gasteiger partial charge in [-0.1, -0.05) is 6.92 Å². The Hall–Kier alpha value is 0.230. The molecule has 0 aromatic heterocycles. The third-order valence-corrected chi connectivity index (χ3v) is 2.66. The number of hydrogen-bond acceptors (Lipinski definition) is 4. The lowest BCUT2D eigenvalue weighted by molar-refractivity contribution is 0.135. The highest BCUT2D eigenvalue weighted by atomic mass is 32.2. The van der Waals surface area contributed by atoms with E-state index >= 15 is 0 Å². The number of hydrogen-bond donors (Lipinski definition) is 1. The average Bonchev–Trinajstić information content (AvgIpc) is 2.14. The standard InChI is InChI=1S/C9H21NO2S/c1-3-13-9-6-10(4-7-11)5-8-12-2/h11H,3-9H2,1-2H3. The molecule has 1 N–H and O–H groups in total. The van der Waals surface area contributed by atoms with Gasteiger partial charge in [-0.25, -0.2) is 0 Å². The number of thioether (sulfide) groups is 1. The number of ether oxygens (including phenoxy) is 1. The van der Waals surface area contributed by atoms with Gasteiger partial charge in [-0.05, 0) is 5.75 Å². The third-order valence-electron chi connectivity index (χ3n) is 1.78. The third kappa shape index (κ3) is 8.56. The van der Waals surface area contributed by atoms with Crippen LogP contribution in [-0.2, 0) is 4.74 Å². The summed E-state index contributed by atoms with van der Waals surface area (Å²) < 4.78 is 4.99. The quantitative estimate of drug-likeness (QED) is 0.564. The summed E-state index contributed by atoms with van der Waals surface area (Å²) in [5.41, 5.74) is 0. The second-order valence-electron chi connectivity index (χ2n) is 2.75. The van der Waals surface area contributed by atoms with Crippen molar-refractivity contribution in [2.45, 2.75) is 6.92 Å². The molecule has 0 aromatic carbocycles. The van der Waals surface area contributed by atoms with E-state index < -0.39 is 0 Å². The van der Waals surface area contributed by atoms with Gasteiger partial charge in [0.15, 0.2) is 0 Å². The molecule has 0 spiro atoms. The van der Waals surface area contributed by atoms with E-state index in [0.29, 0.717) is 0 Å². The lowest BCUT2D eigenvalue weighted by Crippen LogP contribution is -2.32. The molecule has 0 aromatic rings. The van der Waals surface area contributed by atoms with Gasteiger partial charge < -0.3 is 9.84 Å². The summed E-state index contributed by atoms with van der Waals surface area (Å²) in [5, 5.41) is 8.80. The molecule has 0 heterocycles. The van der Waals surface area contributed by atoms with Crippen LogP contribution < -0.4 is 0 Å². The fourth-order valence-corrected chi connectivity index (χ4v) is 1.71. The maximum atomic E-state index is 8.80. The SMILES string of the molecule is CCSCCN(CCO)CCOC. The number of rotatable bonds is 9. The smallest absolute Gasteiger partial charge is 0.0589 e. The fraction of sp³-hybridized carbons (Fsp3) is 1.00. The zero-order chi connectivity index (χ0) is 9.94. The lowest BCUT2D eigenvalue weighted by atomic mass is 10.5. The van der Waals surface area contributed by atoms with Gasteiger partial charge in [0.2, 0.25) is 0 Å². The van der Waals surface area contributed by atoms with Gasteiger partial charge in [0.1, 0.15) is 0 Å². The molecule has 0 atom stereocenters. The van der Waals surface area contributed by atoms with Crippen molar-refractivity contribution in [1.82, 2.24) is 4.90 Å². The Morgan fingerprint density at radius 1 is 1.31 bits per heavy atom. The maximum Gasteiger partial charge on any atom is 0.0589 e. The van der Waals surface area contributed by atoms with E-state index in [4.69, 9.17) is 9.84 Å². The van der Waals surface area contributed by atoms with Crippen molar-refractivity contribution in [3.8, 4) is 0 Å². The first-order valence-electron chi connectivity index (χ1n) is 4.75. The summed E-state index contributed by atoms with van der Waals surface area (Å²) in [5.74, 6) is 2.30. The van der Waals surface area contributed by atoms with Crippen molar-refractivity contribution in [2.75, 3.05) is 51.5 Å². The Labute approximate surface area is 85.4 Å². The van der Waals surface area contributed by atoms with Crippen LogP contribution in [0.3, 0.4) is 0 Å². The molecular weight excluding hydrogens is 186 g/mol. The molecule has 0 saturated heterocycles. The minimum Gasteiger partial charge on any atom is -0.395 e. The summed E-state index contributed by atoms with van der Waals surface area (Å²) >= 11 is 1.93. The second kappa shape index (κ2) is 10.3. The summed E-state index contributed by atoms with van der Waals surface area (Å²) in [6.45, 7) is 5.87. The molecule has 0 aliphatic rings. The number of nitrogens with zero attached hydrogens (tertiary/aromatic N) is 1. The zero-order valence-corrected chi connectivity index (χ0v) is 9.48. The number of aliphatic hydroxyl groups is 1. The summed E-state index contributed by atoms with van der Waals surface area (Å²) in [6, 6.07) is 0. The molecule has 3 nitrogen and oxygen atoms in total. The van der Waals surface area contributed by atoms with Crippen LogP contribution in [0, 0.1) is 0 Å². The Balaban J connectivity index is 3.41. The van der Waals surface area contributed by atoms with Gasteiger partial charge in [-0.3, -0.25) is 4.90 Å². The van der Waals surface area contributed by atoms with E-state index in [9.17, 15) is 0 Å². The molecular formula is C9H21NO2S. The summed E-state index contributed by atoms with van der Waals surface area (Å²) in [4.78, 5) is 2.23. The van der Waals surface area contributed by atoms with E-state index in [2.05, 4.69) is 11.8 Å². The average molecular weight is 207 g/mol. The highest BCUT2D eigenvalue weighted by molar-refractivity contribution is 7.99. The van der Waals surface area contributed by atoms with Crippen molar-refractivity contribution in [3.05, 3.63) is 0 Å². The van der Waals surface area contributed by atoms with Crippen molar-refractivity contribution in [1.29, 1.82) is 0 Å².